The van der Waals surface area contributed by atoms with Crippen LogP contribution >= 0.6 is 0 Å². The van der Waals surface area contributed by atoms with Gasteiger partial charge >= 0.3 is 5.69 Å². The normalized spacial score (nSPS) is 23.6. The molecule has 0 aliphatic heterocycles. The van der Waals surface area contributed by atoms with E-state index in [0.29, 0.717) is 17.6 Å². The zero-order chi connectivity index (χ0) is 11.7. The summed E-state index contributed by atoms with van der Waals surface area (Å²) in [5, 5.41) is 14.1. The van der Waals surface area contributed by atoms with Crippen molar-refractivity contribution in [1.82, 2.24) is 0 Å². The summed E-state index contributed by atoms with van der Waals surface area (Å²) in [5.74, 6) is 0.706. The number of rotatable bonds is 3. The van der Waals surface area contributed by atoms with E-state index >= 15 is 0 Å². The SMILES string of the molecule is CC1CC(Nc2cccc(N)c2[N+](=O)[O-])C1. The topological polar surface area (TPSA) is 81.2 Å². The van der Waals surface area contributed by atoms with E-state index in [9.17, 15) is 10.1 Å². The summed E-state index contributed by atoms with van der Waals surface area (Å²) in [6.45, 7) is 2.17. The molecule has 0 amide bonds. The van der Waals surface area contributed by atoms with E-state index in [0.717, 1.165) is 12.8 Å². The van der Waals surface area contributed by atoms with Crippen LogP contribution in [0.2, 0.25) is 0 Å². The number of hydrogen-bond acceptors (Lipinski definition) is 4. The number of benzene rings is 1. The number of nitrogens with two attached hydrogens (primary N) is 1. The Morgan fingerprint density at radius 2 is 2.19 bits per heavy atom. The van der Waals surface area contributed by atoms with Crippen LogP contribution in [0, 0.1) is 16.0 Å². The molecule has 3 N–H and O–H groups in total. The monoisotopic (exact) mass is 221 g/mol. The first-order valence-electron chi connectivity index (χ1n) is 5.37. The summed E-state index contributed by atoms with van der Waals surface area (Å²) in [5.41, 5.74) is 6.33. The highest BCUT2D eigenvalue weighted by atomic mass is 16.6. The summed E-state index contributed by atoms with van der Waals surface area (Å²) in [4.78, 5) is 10.4. The summed E-state index contributed by atoms with van der Waals surface area (Å²) >= 11 is 0. The molecule has 2 rings (SSSR count). The third-order valence-corrected chi connectivity index (χ3v) is 2.98. The van der Waals surface area contributed by atoms with Crippen LogP contribution in [0.1, 0.15) is 19.8 Å². The number of nitro groups is 1. The van der Waals surface area contributed by atoms with Crippen LogP contribution in [0.15, 0.2) is 18.2 Å². The summed E-state index contributed by atoms with van der Waals surface area (Å²) < 4.78 is 0. The summed E-state index contributed by atoms with van der Waals surface area (Å²) in [6, 6.07) is 5.33. The van der Waals surface area contributed by atoms with Gasteiger partial charge in [0.1, 0.15) is 11.4 Å². The molecule has 0 bridgehead atoms. The quantitative estimate of drug-likeness (QED) is 0.466. The van der Waals surface area contributed by atoms with Crippen LogP contribution in [0.25, 0.3) is 0 Å². The maximum absolute atomic E-state index is 10.9. The fourth-order valence-electron chi connectivity index (χ4n) is 2.12. The van der Waals surface area contributed by atoms with Crippen molar-refractivity contribution in [2.24, 2.45) is 5.92 Å². The Labute approximate surface area is 93.8 Å². The first kappa shape index (κ1) is 10.7. The van der Waals surface area contributed by atoms with Crippen molar-refractivity contribution in [3.05, 3.63) is 28.3 Å². The van der Waals surface area contributed by atoms with Crippen molar-refractivity contribution < 1.29 is 4.92 Å². The first-order valence-corrected chi connectivity index (χ1v) is 5.37. The lowest BCUT2D eigenvalue weighted by atomic mass is 9.82. The van der Waals surface area contributed by atoms with Crippen LogP contribution in [0.3, 0.4) is 0 Å². The van der Waals surface area contributed by atoms with Crippen molar-refractivity contribution in [2.75, 3.05) is 11.1 Å². The Balaban J connectivity index is 2.19. The van der Waals surface area contributed by atoms with Gasteiger partial charge in [-0.2, -0.15) is 0 Å². The molecule has 0 heterocycles. The Kier molecular flexibility index (Phi) is 2.68. The molecule has 0 atom stereocenters. The second kappa shape index (κ2) is 4.00. The van der Waals surface area contributed by atoms with Gasteiger partial charge in [-0.25, -0.2) is 0 Å². The van der Waals surface area contributed by atoms with Crippen molar-refractivity contribution in [2.45, 2.75) is 25.8 Å². The van der Waals surface area contributed by atoms with Crippen molar-refractivity contribution in [3.63, 3.8) is 0 Å². The molecule has 0 radical (unpaired) electrons. The molecular formula is C11H15N3O2. The van der Waals surface area contributed by atoms with E-state index < -0.39 is 4.92 Å². The van der Waals surface area contributed by atoms with Gasteiger partial charge in [0.15, 0.2) is 0 Å². The van der Waals surface area contributed by atoms with Crippen LogP contribution in [0.4, 0.5) is 17.1 Å². The predicted molar refractivity (Wildman–Crippen MR) is 63.3 cm³/mol. The van der Waals surface area contributed by atoms with E-state index in [1.165, 1.54) is 0 Å². The summed E-state index contributed by atoms with van der Waals surface area (Å²) in [6.07, 6.45) is 2.12. The Bertz CT molecular complexity index is 414. The Morgan fingerprint density at radius 3 is 2.75 bits per heavy atom. The molecular weight excluding hydrogens is 206 g/mol. The number of nitrogen functional groups attached to an aromatic ring is 1. The number of hydrogen-bond donors (Lipinski definition) is 2. The average molecular weight is 221 g/mol. The second-order valence-corrected chi connectivity index (χ2v) is 4.42. The zero-order valence-corrected chi connectivity index (χ0v) is 9.14. The van der Waals surface area contributed by atoms with Crippen LogP contribution < -0.4 is 11.1 Å². The Morgan fingerprint density at radius 1 is 1.50 bits per heavy atom. The standard InChI is InChI=1S/C11H15N3O2/c1-7-5-8(6-7)13-10-4-2-3-9(12)11(10)14(15)16/h2-4,7-8,13H,5-6,12H2,1H3. The zero-order valence-electron chi connectivity index (χ0n) is 9.14. The lowest BCUT2D eigenvalue weighted by Crippen LogP contribution is -2.33. The van der Waals surface area contributed by atoms with Crippen molar-refractivity contribution in [3.8, 4) is 0 Å². The number of nitrogens with zero attached hydrogens (tertiary/aromatic N) is 1. The third-order valence-electron chi connectivity index (χ3n) is 2.98. The van der Waals surface area contributed by atoms with Gasteiger partial charge in [0.25, 0.3) is 0 Å². The molecule has 5 nitrogen and oxygen atoms in total. The van der Waals surface area contributed by atoms with Gasteiger partial charge in [-0.1, -0.05) is 13.0 Å². The van der Waals surface area contributed by atoms with Gasteiger partial charge < -0.3 is 11.1 Å². The van der Waals surface area contributed by atoms with Crippen LogP contribution in [0.5, 0.6) is 0 Å². The predicted octanol–water partition coefficient (Wildman–Crippen LogP) is 2.39. The van der Waals surface area contributed by atoms with Crippen molar-refractivity contribution in [1.29, 1.82) is 0 Å². The molecule has 16 heavy (non-hydrogen) atoms. The van der Waals surface area contributed by atoms with Gasteiger partial charge in [0.2, 0.25) is 0 Å². The molecule has 0 saturated heterocycles. The minimum atomic E-state index is -0.431. The third kappa shape index (κ3) is 1.93. The lowest BCUT2D eigenvalue weighted by molar-refractivity contribution is -0.383. The number of anilines is 2. The van der Waals surface area contributed by atoms with Crippen LogP contribution in [-0.2, 0) is 0 Å². The molecule has 1 aliphatic carbocycles. The minimum Gasteiger partial charge on any atom is -0.393 e. The number of para-hydroxylation sites is 1. The fourth-order valence-corrected chi connectivity index (χ4v) is 2.12. The smallest absolute Gasteiger partial charge is 0.314 e. The molecule has 1 saturated carbocycles. The molecule has 0 spiro atoms. The molecule has 0 unspecified atom stereocenters. The minimum absolute atomic E-state index is 0.0120. The highest BCUT2D eigenvalue weighted by Gasteiger charge is 2.27. The van der Waals surface area contributed by atoms with Gasteiger partial charge in [-0.15, -0.1) is 0 Å². The van der Waals surface area contributed by atoms with E-state index in [4.69, 9.17) is 5.73 Å². The van der Waals surface area contributed by atoms with Gasteiger partial charge in [-0.3, -0.25) is 10.1 Å². The molecule has 86 valence electrons. The van der Waals surface area contributed by atoms with E-state index in [1.54, 1.807) is 18.2 Å². The van der Waals surface area contributed by atoms with E-state index in [2.05, 4.69) is 12.2 Å². The first-order chi connectivity index (χ1) is 7.58. The highest BCUT2D eigenvalue weighted by molar-refractivity contribution is 5.74. The number of nitro benzene ring substituents is 1. The Hall–Kier alpha value is -1.78. The maximum atomic E-state index is 10.9. The summed E-state index contributed by atoms with van der Waals surface area (Å²) in [7, 11) is 0. The van der Waals surface area contributed by atoms with Crippen molar-refractivity contribution >= 4 is 17.1 Å². The largest absolute Gasteiger partial charge is 0.393 e. The number of nitrogens with one attached hydrogen (secondary N) is 1. The lowest BCUT2D eigenvalue weighted by Gasteiger charge is -2.33. The highest BCUT2D eigenvalue weighted by Crippen LogP contribution is 2.35. The van der Waals surface area contributed by atoms with E-state index in [-0.39, 0.29) is 11.4 Å². The molecule has 5 heteroatoms. The molecule has 1 aromatic rings. The van der Waals surface area contributed by atoms with Gasteiger partial charge in [0.05, 0.1) is 4.92 Å². The molecule has 1 fully saturated rings. The fraction of sp³-hybridized carbons (Fsp3) is 0.455. The second-order valence-electron chi connectivity index (χ2n) is 4.42. The van der Waals surface area contributed by atoms with Gasteiger partial charge in [-0.05, 0) is 30.9 Å². The van der Waals surface area contributed by atoms with Gasteiger partial charge in [0, 0.05) is 6.04 Å². The maximum Gasteiger partial charge on any atom is 0.314 e. The molecule has 1 aromatic carbocycles. The van der Waals surface area contributed by atoms with E-state index in [1.807, 2.05) is 0 Å². The molecule has 0 aromatic heterocycles. The van der Waals surface area contributed by atoms with Crippen LogP contribution in [-0.4, -0.2) is 11.0 Å². The molecule has 1 aliphatic rings. The average Bonchev–Trinajstić information content (AvgIpc) is 2.14.